The van der Waals surface area contributed by atoms with E-state index in [0.29, 0.717) is 10.6 Å². The molecular formula is C12H10N2O6. The van der Waals surface area contributed by atoms with E-state index in [0.717, 1.165) is 0 Å². The molecule has 0 bridgehead atoms. The molecular weight excluding hydrogens is 268 g/mol. The molecule has 1 aromatic rings. The molecule has 2 amide bonds. The quantitative estimate of drug-likeness (QED) is 0.640. The number of carbonyl (C=O) groups is 4. The lowest BCUT2D eigenvalue weighted by Gasteiger charge is -2.09. The largest absolute Gasteiger partial charge is 0.480 e. The van der Waals surface area contributed by atoms with Crippen molar-refractivity contribution in [3.63, 3.8) is 0 Å². The number of carboxylic acid groups (broad SMARTS) is 2. The number of rotatable bonds is 5. The smallest absolute Gasteiger partial charge is 0.323 e. The van der Waals surface area contributed by atoms with E-state index in [2.05, 4.69) is 5.32 Å². The molecule has 0 saturated heterocycles. The second-order valence-corrected chi connectivity index (χ2v) is 4.10. The highest BCUT2D eigenvalue weighted by Crippen LogP contribution is 2.25. The van der Waals surface area contributed by atoms with Gasteiger partial charge in [-0.05, 0) is 18.2 Å². The summed E-state index contributed by atoms with van der Waals surface area (Å²) < 4.78 is 0. The van der Waals surface area contributed by atoms with Crippen LogP contribution in [0.3, 0.4) is 0 Å². The predicted molar refractivity (Wildman–Crippen MR) is 65.6 cm³/mol. The minimum absolute atomic E-state index is 0.0617. The van der Waals surface area contributed by atoms with Crippen molar-refractivity contribution in [2.75, 3.05) is 18.4 Å². The van der Waals surface area contributed by atoms with E-state index in [1.807, 2.05) is 0 Å². The van der Waals surface area contributed by atoms with Crippen molar-refractivity contribution in [1.82, 2.24) is 4.90 Å². The number of hydrogen-bond donors (Lipinski definition) is 3. The van der Waals surface area contributed by atoms with Gasteiger partial charge in [-0.15, -0.1) is 0 Å². The van der Waals surface area contributed by atoms with E-state index >= 15 is 0 Å². The zero-order chi connectivity index (χ0) is 14.9. The van der Waals surface area contributed by atoms with Crippen molar-refractivity contribution in [3.8, 4) is 0 Å². The van der Waals surface area contributed by atoms with Crippen LogP contribution in [0.25, 0.3) is 0 Å². The first-order valence-electron chi connectivity index (χ1n) is 5.58. The van der Waals surface area contributed by atoms with Crippen molar-refractivity contribution in [2.45, 2.75) is 0 Å². The molecule has 0 aliphatic carbocycles. The fraction of sp³-hybridized carbons (Fsp3) is 0.167. The van der Waals surface area contributed by atoms with E-state index in [1.165, 1.54) is 18.2 Å². The minimum Gasteiger partial charge on any atom is -0.480 e. The summed E-state index contributed by atoms with van der Waals surface area (Å²) in [5.41, 5.74) is 0.535. The molecule has 0 fully saturated rings. The van der Waals surface area contributed by atoms with E-state index in [9.17, 15) is 19.2 Å². The molecule has 1 aliphatic heterocycles. The molecule has 1 aromatic carbocycles. The third-order valence-electron chi connectivity index (χ3n) is 2.71. The molecule has 2 rings (SSSR count). The van der Waals surface area contributed by atoms with Crippen LogP contribution in [0.1, 0.15) is 20.7 Å². The predicted octanol–water partition coefficient (Wildman–Crippen LogP) is -0.136. The number of nitrogens with zero attached hydrogens (tertiary/aromatic N) is 1. The first kappa shape index (κ1) is 13.5. The van der Waals surface area contributed by atoms with Crippen molar-refractivity contribution in [2.24, 2.45) is 0 Å². The second kappa shape index (κ2) is 5.00. The third-order valence-corrected chi connectivity index (χ3v) is 2.71. The molecule has 1 heterocycles. The lowest BCUT2D eigenvalue weighted by Crippen LogP contribution is -2.34. The van der Waals surface area contributed by atoms with Gasteiger partial charge in [0.25, 0.3) is 11.8 Å². The Hall–Kier alpha value is -2.90. The van der Waals surface area contributed by atoms with Crippen molar-refractivity contribution < 1.29 is 29.4 Å². The van der Waals surface area contributed by atoms with Gasteiger partial charge in [0.2, 0.25) is 0 Å². The van der Waals surface area contributed by atoms with Gasteiger partial charge in [0, 0.05) is 5.69 Å². The number of carbonyl (C=O) groups excluding carboxylic acids is 2. The van der Waals surface area contributed by atoms with Crippen LogP contribution in [0.15, 0.2) is 18.2 Å². The molecule has 8 nitrogen and oxygen atoms in total. The van der Waals surface area contributed by atoms with Gasteiger partial charge >= 0.3 is 11.9 Å². The summed E-state index contributed by atoms with van der Waals surface area (Å²) in [7, 11) is 0. The number of benzene rings is 1. The summed E-state index contributed by atoms with van der Waals surface area (Å²) in [5.74, 6) is -3.73. The summed E-state index contributed by atoms with van der Waals surface area (Å²) in [4.78, 5) is 45.5. The molecule has 20 heavy (non-hydrogen) atoms. The zero-order valence-corrected chi connectivity index (χ0v) is 10.1. The standard InChI is InChI=1S/C12H10N2O6/c15-9(16)4-13-6-1-2-7-8(3-6)12(20)14(11(7)19)5-10(17)18/h1-3,13H,4-5H2,(H,15,16)(H,17,18). The number of carboxylic acids is 2. The van der Waals surface area contributed by atoms with Crippen LogP contribution in [0.4, 0.5) is 5.69 Å². The van der Waals surface area contributed by atoms with E-state index in [4.69, 9.17) is 10.2 Å². The molecule has 0 unspecified atom stereocenters. The molecule has 0 saturated carbocycles. The first-order chi connectivity index (χ1) is 9.40. The molecule has 1 aliphatic rings. The summed E-state index contributed by atoms with van der Waals surface area (Å²) in [6.45, 7) is -1.04. The van der Waals surface area contributed by atoms with Crippen molar-refractivity contribution >= 4 is 29.4 Å². The van der Waals surface area contributed by atoms with Gasteiger partial charge in [-0.25, -0.2) is 0 Å². The highest BCUT2D eigenvalue weighted by atomic mass is 16.4. The number of amides is 2. The number of aliphatic carboxylic acids is 2. The van der Waals surface area contributed by atoms with Gasteiger partial charge in [-0.2, -0.15) is 0 Å². The molecule has 0 atom stereocenters. The summed E-state index contributed by atoms with van der Waals surface area (Å²) in [6.07, 6.45) is 0. The lowest BCUT2D eigenvalue weighted by atomic mass is 10.1. The first-order valence-corrected chi connectivity index (χ1v) is 5.58. The Balaban J connectivity index is 2.27. The topological polar surface area (TPSA) is 124 Å². The number of anilines is 1. The van der Waals surface area contributed by atoms with Gasteiger partial charge in [-0.1, -0.05) is 0 Å². The van der Waals surface area contributed by atoms with Crippen LogP contribution in [0.2, 0.25) is 0 Å². The Morgan fingerprint density at radius 3 is 2.30 bits per heavy atom. The number of hydrogen-bond acceptors (Lipinski definition) is 5. The Morgan fingerprint density at radius 1 is 1.05 bits per heavy atom. The number of nitrogens with one attached hydrogen (secondary N) is 1. The van der Waals surface area contributed by atoms with Gasteiger partial charge in [0.05, 0.1) is 11.1 Å². The Morgan fingerprint density at radius 2 is 1.70 bits per heavy atom. The fourth-order valence-electron chi connectivity index (χ4n) is 1.86. The summed E-state index contributed by atoms with van der Waals surface area (Å²) >= 11 is 0. The average molecular weight is 278 g/mol. The van der Waals surface area contributed by atoms with Crippen molar-refractivity contribution in [1.29, 1.82) is 0 Å². The Kier molecular flexibility index (Phi) is 3.38. The molecule has 8 heteroatoms. The van der Waals surface area contributed by atoms with Crippen LogP contribution in [0, 0.1) is 0 Å². The highest BCUT2D eigenvalue weighted by Gasteiger charge is 2.36. The van der Waals surface area contributed by atoms with E-state index < -0.39 is 30.3 Å². The number of fused-ring (bicyclic) bond motifs is 1. The van der Waals surface area contributed by atoms with Crippen LogP contribution >= 0.6 is 0 Å². The van der Waals surface area contributed by atoms with Crippen LogP contribution in [-0.2, 0) is 9.59 Å². The molecule has 3 N–H and O–H groups in total. The zero-order valence-electron chi connectivity index (χ0n) is 10.1. The third kappa shape index (κ3) is 2.44. The molecule has 0 spiro atoms. The van der Waals surface area contributed by atoms with Gasteiger partial charge < -0.3 is 15.5 Å². The van der Waals surface area contributed by atoms with E-state index in [1.54, 1.807) is 0 Å². The maximum absolute atomic E-state index is 11.9. The normalized spacial score (nSPS) is 13.3. The second-order valence-electron chi connectivity index (χ2n) is 4.10. The van der Waals surface area contributed by atoms with Gasteiger partial charge in [0.1, 0.15) is 13.1 Å². The summed E-state index contributed by atoms with van der Waals surface area (Å²) in [6, 6.07) is 4.15. The maximum Gasteiger partial charge on any atom is 0.323 e. The minimum atomic E-state index is -1.29. The van der Waals surface area contributed by atoms with Crippen LogP contribution in [-0.4, -0.2) is 52.0 Å². The number of imide groups is 1. The highest BCUT2D eigenvalue weighted by molar-refractivity contribution is 6.22. The molecule has 0 radical (unpaired) electrons. The SMILES string of the molecule is O=C(O)CNc1ccc2c(c1)C(=O)N(CC(=O)O)C2=O. The van der Waals surface area contributed by atoms with Crippen molar-refractivity contribution in [3.05, 3.63) is 29.3 Å². The monoisotopic (exact) mass is 278 g/mol. The summed E-state index contributed by atoms with van der Waals surface area (Å²) in [5, 5.41) is 19.8. The lowest BCUT2D eigenvalue weighted by molar-refractivity contribution is -0.137. The van der Waals surface area contributed by atoms with Gasteiger partial charge in [0.15, 0.2) is 0 Å². The average Bonchev–Trinajstić information content (AvgIpc) is 2.61. The Bertz CT molecular complexity index is 624. The van der Waals surface area contributed by atoms with E-state index in [-0.39, 0.29) is 17.7 Å². The van der Waals surface area contributed by atoms with Gasteiger partial charge in [-0.3, -0.25) is 24.1 Å². The molecule has 104 valence electrons. The van der Waals surface area contributed by atoms with Crippen LogP contribution in [0.5, 0.6) is 0 Å². The molecule has 0 aromatic heterocycles. The maximum atomic E-state index is 11.9. The Labute approximate surface area is 112 Å². The van der Waals surface area contributed by atoms with Crippen LogP contribution < -0.4 is 5.32 Å². The fourth-order valence-corrected chi connectivity index (χ4v) is 1.86.